The minimum absolute atomic E-state index is 0. The standard InChI is InChI=1S/C22H34N4O2.HI/c1-15-5-8-20(28-4)18(11-15)9-10-23-22(24-14-21(27)26(2)3)25-19-13-16-6-7-17(19)12-16;/h5,8,11,16-17,19H,6-7,9-10,12-14H2,1-4H3,(H2,23,24,25);1H. The van der Waals surface area contributed by atoms with Crippen molar-refractivity contribution in [3.63, 3.8) is 0 Å². The number of nitrogens with zero attached hydrogens (tertiary/aromatic N) is 2. The Bertz CT molecular complexity index is 723. The van der Waals surface area contributed by atoms with Crippen molar-refractivity contribution in [2.45, 2.75) is 45.1 Å². The Morgan fingerprint density at radius 1 is 1.28 bits per heavy atom. The van der Waals surface area contributed by atoms with E-state index < -0.39 is 0 Å². The lowest BCUT2D eigenvalue weighted by molar-refractivity contribution is -0.127. The van der Waals surface area contributed by atoms with E-state index in [0.29, 0.717) is 6.04 Å². The van der Waals surface area contributed by atoms with Crippen molar-refractivity contribution >= 4 is 35.8 Å². The number of guanidine groups is 1. The van der Waals surface area contributed by atoms with Gasteiger partial charge in [0.05, 0.1) is 7.11 Å². The monoisotopic (exact) mass is 514 g/mol. The van der Waals surface area contributed by atoms with Crippen LogP contribution in [-0.4, -0.2) is 57.1 Å². The van der Waals surface area contributed by atoms with Gasteiger partial charge >= 0.3 is 0 Å². The molecule has 0 saturated heterocycles. The SMILES string of the molecule is COc1ccc(C)cc1CCNC(=NCC(=O)N(C)C)NC1CC2CCC1C2.I. The number of likely N-dealkylation sites (N-methyl/N-ethyl adjacent to an activating group) is 1. The molecular weight excluding hydrogens is 479 g/mol. The molecule has 2 aliphatic rings. The van der Waals surface area contributed by atoms with Crippen molar-refractivity contribution in [2.24, 2.45) is 16.8 Å². The number of methoxy groups -OCH3 is 1. The Hall–Kier alpha value is -1.51. The molecule has 1 amide bonds. The van der Waals surface area contributed by atoms with Crippen LogP contribution in [0.15, 0.2) is 23.2 Å². The summed E-state index contributed by atoms with van der Waals surface area (Å²) in [5.74, 6) is 3.28. The Morgan fingerprint density at radius 3 is 2.69 bits per heavy atom. The van der Waals surface area contributed by atoms with E-state index in [1.807, 2.05) is 6.07 Å². The van der Waals surface area contributed by atoms with Crippen LogP contribution in [0.5, 0.6) is 5.75 Å². The van der Waals surface area contributed by atoms with Gasteiger partial charge in [-0.3, -0.25) is 4.79 Å². The molecule has 3 unspecified atom stereocenters. The number of nitrogens with one attached hydrogen (secondary N) is 2. The van der Waals surface area contributed by atoms with Crippen LogP contribution in [0.2, 0.25) is 0 Å². The lowest BCUT2D eigenvalue weighted by Gasteiger charge is -2.25. The summed E-state index contributed by atoms with van der Waals surface area (Å²) in [6.45, 7) is 2.99. The third kappa shape index (κ3) is 6.49. The van der Waals surface area contributed by atoms with Crippen molar-refractivity contribution in [2.75, 3.05) is 34.3 Å². The maximum absolute atomic E-state index is 12.0. The van der Waals surface area contributed by atoms with Gasteiger partial charge in [-0.25, -0.2) is 4.99 Å². The number of benzene rings is 1. The smallest absolute Gasteiger partial charge is 0.243 e. The molecule has 1 aromatic rings. The second-order valence-electron chi connectivity index (χ2n) is 8.37. The van der Waals surface area contributed by atoms with Crippen LogP contribution in [0.25, 0.3) is 0 Å². The number of ether oxygens (including phenoxy) is 1. The van der Waals surface area contributed by atoms with Crippen molar-refractivity contribution < 1.29 is 9.53 Å². The molecule has 3 rings (SSSR count). The average Bonchev–Trinajstić information content (AvgIpc) is 3.29. The molecule has 6 nitrogen and oxygen atoms in total. The molecule has 0 aromatic heterocycles. The lowest BCUT2D eigenvalue weighted by Crippen LogP contribution is -2.46. The second-order valence-corrected chi connectivity index (χ2v) is 8.37. The van der Waals surface area contributed by atoms with Gasteiger partial charge in [0, 0.05) is 26.7 Å². The van der Waals surface area contributed by atoms with Gasteiger partial charge in [0.1, 0.15) is 12.3 Å². The Morgan fingerprint density at radius 2 is 2.07 bits per heavy atom. The van der Waals surface area contributed by atoms with Gasteiger partial charge in [0.15, 0.2) is 5.96 Å². The molecule has 2 aliphatic carbocycles. The van der Waals surface area contributed by atoms with Crippen molar-refractivity contribution in [1.82, 2.24) is 15.5 Å². The molecule has 2 fully saturated rings. The zero-order valence-corrected chi connectivity index (χ0v) is 20.4. The van der Waals surface area contributed by atoms with Crippen LogP contribution < -0.4 is 15.4 Å². The van der Waals surface area contributed by atoms with E-state index in [4.69, 9.17) is 4.74 Å². The molecule has 1 aromatic carbocycles. The van der Waals surface area contributed by atoms with Crippen LogP contribution in [0.3, 0.4) is 0 Å². The molecular formula is C22H35IN4O2. The second kappa shape index (κ2) is 11.0. The Labute approximate surface area is 191 Å². The minimum atomic E-state index is 0. The summed E-state index contributed by atoms with van der Waals surface area (Å²) >= 11 is 0. The quantitative estimate of drug-likeness (QED) is 0.334. The third-order valence-corrected chi connectivity index (χ3v) is 6.05. The minimum Gasteiger partial charge on any atom is -0.496 e. The fourth-order valence-corrected chi connectivity index (χ4v) is 4.46. The maximum Gasteiger partial charge on any atom is 0.243 e. The highest BCUT2D eigenvalue weighted by Crippen LogP contribution is 2.44. The molecule has 2 bridgehead atoms. The summed E-state index contributed by atoms with van der Waals surface area (Å²) in [7, 11) is 5.23. The zero-order valence-electron chi connectivity index (χ0n) is 18.0. The first kappa shape index (κ1) is 23.8. The highest BCUT2D eigenvalue weighted by atomic mass is 127. The Kier molecular flexibility index (Phi) is 9.04. The molecule has 0 radical (unpaired) electrons. The van der Waals surface area contributed by atoms with Gasteiger partial charge in [-0.2, -0.15) is 0 Å². The summed E-state index contributed by atoms with van der Waals surface area (Å²) in [6, 6.07) is 6.72. The number of carbonyl (C=O) groups excluding carboxylic acids is 1. The third-order valence-electron chi connectivity index (χ3n) is 6.05. The molecule has 7 heteroatoms. The normalized spacial score (nSPS) is 22.8. The molecule has 0 spiro atoms. The number of hydrogen-bond donors (Lipinski definition) is 2. The largest absolute Gasteiger partial charge is 0.496 e. The number of aryl methyl sites for hydroxylation is 1. The van der Waals surface area contributed by atoms with E-state index in [-0.39, 0.29) is 36.4 Å². The van der Waals surface area contributed by atoms with E-state index in [9.17, 15) is 4.79 Å². The van der Waals surface area contributed by atoms with E-state index in [2.05, 4.69) is 34.7 Å². The number of carbonyl (C=O) groups is 1. The van der Waals surface area contributed by atoms with Gasteiger partial charge in [-0.05, 0) is 56.1 Å². The van der Waals surface area contributed by atoms with E-state index in [1.54, 1.807) is 26.1 Å². The van der Waals surface area contributed by atoms with E-state index in [0.717, 1.165) is 36.5 Å². The number of rotatable bonds is 7. The summed E-state index contributed by atoms with van der Waals surface area (Å²) in [6.07, 6.45) is 6.08. The van der Waals surface area contributed by atoms with Gasteiger partial charge in [0.2, 0.25) is 5.91 Å². The molecule has 162 valence electrons. The number of amides is 1. The molecule has 2 N–H and O–H groups in total. The molecule has 0 aliphatic heterocycles. The molecule has 0 heterocycles. The number of halogens is 1. The summed E-state index contributed by atoms with van der Waals surface area (Å²) in [4.78, 5) is 18.1. The summed E-state index contributed by atoms with van der Waals surface area (Å²) in [5, 5.41) is 7.04. The first-order valence-electron chi connectivity index (χ1n) is 10.3. The highest BCUT2D eigenvalue weighted by Gasteiger charge is 2.39. The lowest BCUT2D eigenvalue weighted by atomic mass is 9.95. The van der Waals surface area contributed by atoms with Crippen LogP contribution in [-0.2, 0) is 11.2 Å². The fraction of sp³-hybridized carbons (Fsp3) is 0.636. The van der Waals surface area contributed by atoms with Gasteiger partial charge < -0.3 is 20.3 Å². The van der Waals surface area contributed by atoms with Gasteiger partial charge in [-0.15, -0.1) is 24.0 Å². The zero-order chi connectivity index (χ0) is 20.1. The first-order chi connectivity index (χ1) is 13.5. The van der Waals surface area contributed by atoms with Crippen molar-refractivity contribution in [1.29, 1.82) is 0 Å². The predicted octanol–water partition coefficient (Wildman–Crippen LogP) is 2.98. The first-order valence-corrected chi connectivity index (χ1v) is 10.3. The number of hydrogen-bond acceptors (Lipinski definition) is 3. The van der Waals surface area contributed by atoms with Crippen LogP contribution in [0.4, 0.5) is 0 Å². The molecule has 3 atom stereocenters. The highest BCUT2D eigenvalue weighted by molar-refractivity contribution is 14.0. The Balaban J connectivity index is 0.00000300. The summed E-state index contributed by atoms with van der Waals surface area (Å²) in [5.41, 5.74) is 2.40. The topological polar surface area (TPSA) is 66.0 Å². The van der Waals surface area contributed by atoms with Crippen molar-refractivity contribution in [3.8, 4) is 5.75 Å². The van der Waals surface area contributed by atoms with Crippen molar-refractivity contribution in [3.05, 3.63) is 29.3 Å². The molecule has 29 heavy (non-hydrogen) atoms. The molecule has 2 saturated carbocycles. The van der Waals surface area contributed by atoms with Gasteiger partial charge in [0.25, 0.3) is 0 Å². The van der Waals surface area contributed by atoms with Crippen LogP contribution >= 0.6 is 24.0 Å². The number of aliphatic imine (C=N–C) groups is 1. The average molecular weight is 514 g/mol. The fourth-order valence-electron chi connectivity index (χ4n) is 4.46. The number of fused-ring (bicyclic) bond motifs is 2. The van der Waals surface area contributed by atoms with Crippen LogP contribution in [0, 0.1) is 18.8 Å². The predicted molar refractivity (Wildman–Crippen MR) is 128 cm³/mol. The summed E-state index contributed by atoms with van der Waals surface area (Å²) < 4.78 is 5.48. The van der Waals surface area contributed by atoms with E-state index in [1.165, 1.54) is 36.8 Å². The van der Waals surface area contributed by atoms with Crippen LogP contribution in [0.1, 0.15) is 36.8 Å². The maximum atomic E-state index is 12.0. The van der Waals surface area contributed by atoms with E-state index >= 15 is 0 Å². The van der Waals surface area contributed by atoms with Gasteiger partial charge in [-0.1, -0.05) is 24.1 Å².